The maximum atomic E-state index is 5.87. The molecule has 23 heavy (non-hydrogen) atoms. The van der Waals surface area contributed by atoms with E-state index in [-0.39, 0.29) is 5.28 Å². The molecule has 2 rings (SSSR count). The molecule has 0 aliphatic carbocycles. The number of aromatic amines is 1. The number of H-pyrrole nitrogens is 1. The van der Waals surface area contributed by atoms with Crippen LogP contribution in [-0.2, 0) is 0 Å². The van der Waals surface area contributed by atoms with Crippen LogP contribution in [0.15, 0.2) is 6.33 Å². The zero-order valence-corrected chi connectivity index (χ0v) is 14.7. The summed E-state index contributed by atoms with van der Waals surface area (Å²) in [5.41, 5.74) is 1.25. The van der Waals surface area contributed by atoms with Gasteiger partial charge in [-0.05, 0) is 18.0 Å². The fourth-order valence-electron chi connectivity index (χ4n) is 2.64. The fraction of sp³-hybridized carbons (Fsp3) is 0.706. The van der Waals surface area contributed by atoms with Gasteiger partial charge in [0, 0.05) is 0 Å². The molecular formula is C17H27ClN4O. The predicted molar refractivity (Wildman–Crippen MR) is 94.0 cm³/mol. The van der Waals surface area contributed by atoms with Crippen molar-refractivity contribution in [3.63, 3.8) is 0 Å². The molecule has 2 aromatic rings. The Morgan fingerprint density at radius 2 is 1.61 bits per heavy atom. The second-order valence-electron chi connectivity index (χ2n) is 5.93. The Morgan fingerprint density at radius 1 is 0.957 bits per heavy atom. The Balaban J connectivity index is 1.54. The van der Waals surface area contributed by atoms with E-state index in [1.807, 2.05) is 0 Å². The number of aromatic nitrogens is 4. The molecule has 0 unspecified atom stereocenters. The molecule has 0 saturated heterocycles. The van der Waals surface area contributed by atoms with Crippen molar-refractivity contribution < 1.29 is 4.74 Å². The molecule has 2 aromatic heterocycles. The number of nitrogens with zero attached hydrogens (tertiary/aromatic N) is 3. The molecule has 0 spiro atoms. The van der Waals surface area contributed by atoms with Gasteiger partial charge in [-0.2, -0.15) is 9.97 Å². The lowest BCUT2D eigenvalue weighted by atomic mass is 10.1. The second-order valence-corrected chi connectivity index (χ2v) is 6.27. The number of hydrogen-bond donors (Lipinski definition) is 1. The van der Waals surface area contributed by atoms with E-state index in [1.165, 1.54) is 57.8 Å². The lowest BCUT2D eigenvalue weighted by molar-refractivity contribution is 0.296. The Morgan fingerprint density at radius 3 is 2.30 bits per heavy atom. The number of imidazole rings is 1. The van der Waals surface area contributed by atoms with Crippen molar-refractivity contribution in [2.75, 3.05) is 6.61 Å². The molecule has 0 aliphatic rings. The summed E-state index contributed by atoms with van der Waals surface area (Å²) in [4.78, 5) is 15.2. The highest BCUT2D eigenvalue weighted by molar-refractivity contribution is 6.28. The van der Waals surface area contributed by atoms with Crippen molar-refractivity contribution in [3.8, 4) is 5.88 Å². The third-order valence-corrected chi connectivity index (χ3v) is 4.13. The van der Waals surface area contributed by atoms with Crippen LogP contribution < -0.4 is 4.74 Å². The van der Waals surface area contributed by atoms with E-state index in [2.05, 4.69) is 26.9 Å². The number of ether oxygens (including phenoxy) is 1. The van der Waals surface area contributed by atoms with Gasteiger partial charge in [0.1, 0.15) is 5.52 Å². The first-order chi connectivity index (χ1) is 11.3. The van der Waals surface area contributed by atoms with Crippen molar-refractivity contribution in [3.05, 3.63) is 11.6 Å². The molecule has 1 N–H and O–H groups in total. The Kier molecular flexibility index (Phi) is 8.15. The van der Waals surface area contributed by atoms with Crippen molar-refractivity contribution >= 4 is 22.8 Å². The highest BCUT2D eigenvalue weighted by atomic mass is 35.5. The molecule has 128 valence electrons. The van der Waals surface area contributed by atoms with Crippen LogP contribution in [0.5, 0.6) is 5.88 Å². The molecule has 0 fully saturated rings. The van der Waals surface area contributed by atoms with Crippen LogP contribution in [-0.4, -0.2) is 26.5 Å². The van der Waals surface area contributed by atoms with Gasteiger partial charge in [0.05, 0.1) is 12.9 Å². The number of halogens is 1. The molecule has 0 aliphatic heterocycles. The van der Waals surface area contributed by atoms with Gasteiger partial charge in [-0.1, -0.05) is 64.7 Å². The lowest BCUT2D eigenvalue weighted by Crippen LogP contribution is -2.01. The average molecular weight is 339 g/mol. The lowest BCUT2D eigenvalue weighted by Gasteiger charge is -2.06. The summed E-state index contributed by atoms with van der Waals surface area (Å²) >= 11 is 5.87. The normalized spacial score (nSPS) is 11.2. The molecule has 0 aromatic carbocycles. The van der Waals surface area contributed by atoms with E-state index in [0.717, 1.165) is 6.42 Å². The Hall–Kier alpha value is -1.36. The van der Waals surface area contributed by atoms with E-state index in [9.17, 15) is 0 Å². The quantitative estimate of drug-likeness (QED) is 0.421. The summed E-state index contributed by atoms with van der Waals surface area (Å²) in [6, 6.07) is 0. The van der Waals surface area contributed by atoms with Crippen LogP contribution in [0, 0.1) is 0 Å². The maximum absolute atomic E-state index is 5.87. The van der Waals surface area contributed by atoms with Crippen molar-refractivity contribution in [2.24, 2.45) is 0 Å². The van der Waals surface area contributed by atoms with Gasteiger partial charge < -0.3 is 9.72 Å². The van der Waals surface area contributed by atoms with Crippen molar-refractivity contribution in [2.45, 2.75) is 71.1 Å². The van der Waals surface area contributed by atoms with Crippen LogP contribution >= 0.6 is 11.6 Å². The van der Waals surface area contributed by atoms with Crippen LogP contribution in [0.1, 0.15) is 71.1 Å². The minimum Gasteiger partial charge on any atom is -0.476 e. The van der Waals surface area contributed by atoms with Crippen LogP contribution in [0.25, 0.3) is 11.2 Å². The Labute approximate surface area is 143 Å². The zero-order chi connectivity index (χ0) is 16.3. The highest BCUT2D eigenvalue weighted by Crippen LogP contribution is 2.21. The minimum absolute atomic E-state index is 0.169. The van der Waals surface area contributed by atoms with E-state index >= 15 is 0 Å². The average Bonchev–Trinajstić information content (AvgIpc) is 3.00. The monoisotopic (exact) mass is 338 g/mol. The van der Waals surface area contributed by atoms with Gasteiger partial charge in [0.15, 0.2) is 5.65 Å². The minimum atomic E-state index is 0.169. The fourth-order valence-corrected chi connectivity index (χ4v) is 2.80. The molecule has 0 atom stereocenters. The summed E-state index contributed by atoms with van der Waals surface area (Å²) < 4.78 is 5.72. The third-order valence-electron chi connectivity index (χ3n) is 3.96. The largest absolute Gasteiger partial charge is 0.476 e. The maximum Gasteiger partial charge on any atom is 0.244 e. The number of hydrogen-bond acceptors (Lipinski definition) is 4. The first-order valence-electron chi connectivity index (χ1n) is 8.80. The summed E-state index contributed by atoms with van der Waals surface area (Å²) in [5, 5.41) is 0.169. The van der Waals surface area contributed by atoms with E-state index in [1.54, 1.807) is 6.33 Å². The standard InChI is InChI=1S/C17H27ClN4O/c1-2-3-4-5-6-7-8-9-10-11-12-23-16-14-15(20-13-19-14)21-17(18)22-16/h13H,2-12H2,1H3,(H,19,20,21,22). The molecule has 0 saturated carbocycles. The molecule has 6 heteroatoms. The number of nitrogens with one attached hydrogen (secondary N) is 1. The second kappa shape index (κ2) is 10.4. The van der Waals surface area contributed by atoms with Gasteiger partial charge in [0.25, 0.3) is 0 Å². The van der Waals surface area contributed by atoms with Crippen molar-refractivity contribution in [1.82, 2.24) is 19.9 Å². The molecule has 0 bridgehead atoms. The number of unbranched alkanes of at least 4 members (excludes halogenated alkanes) is 9. The molecule has 0 amide bonds. The summed E-state index contributed by atoms with van der Waals surface area (Å²) in [7, 11) is 0. The predicted octanol–water partition coefficient (Wildman–Crippen LogP) is 5.31. The van der Waals surface area contributed by atoms with E-state index < -0.39 is 0 Å². The van der Waals surface area contributed by atoms with Crippen LogP contribution in [0.2, 0.25) is 5.28 Å². The molecule has 5 nitrogen and oxygen atoms in total. The van der Waals surface area contributed by atoms with Crippen molar-refractivity contribution in [1.29, 1.82) is 0 Å². The smallest absolute Gasteiger partial charge is 0.244 e. The zero-order valence-electron chi connectivity index (χ0n) is 14.0. The summed E-state index contributed by atoms with van der Waals surface area (Å²) in [6.07, 6.45) is 14.7. The Bertz CT molecular complexity index is 573. The van der Waals surface area contributed by atoms with Crippen LogP contribution in [0.4, 0.5) is 0 Å². The first kappa shape index (κ1) is 18.0. The topological polar surface area (TPSA) is 63.7 Å². The summed E-state index contributed by atoms with van der Waals surface area (Å²) in [5.74, 6) is 0.494. The number of rotatable bonds is 12. The first-order valence-corrected chi connectivity index (χ1v) is 9.18. The van der Waals surface area contributed by atoms with Gasteiger partial charge in [0.2, 0.25) is 11.2 Å². The summed E-state index contributed by atoms with van der Waals surface area (Å²) in [6.45, 7) is 2.91. The van der Waals surface area contributed by atoms with Gasteiger partial charge >= 0.3 is 0 Å². The molecular weight excluding hydrogens is 312 g/mol. The molecule has 2 heterocycles. The van der Waals surface area contributed by atoms with Gasteiger partial charge in [-0.25, -0.2) is 4.98 Å². The van der Waals surface area contributed by atoms with Crippen LogP contribution in [0.3, 0.4) is 0 Å². The SMILES string of the molecule is CCCCCCCCCCCCOc1nc(Cl)nc2nc[nH]c12. The van der Waals surface area contributed by atoms with Gasteiger partial charge in [-0.15, -0.1) is 0 Å². The van der Waals surface area contributed by atoms with Gasteiger partial charge in [-0.3, -0.25) is 0 Å². The number of fused-ring (bicyclic) bond motifs is 1. The van der Waals surface area contributed by atoms with E-state index in [4.69, 9.17) is 16.3 Å². The third kappa shape index (κ3) is 6.34. The van der Waals surface area contributed by atoms with E-state index in [0.29, 0.717) is 23.7 Å². The molecule has 0 radical (unpaired) electrons. The highest BCUT2D eigenvalue weighted by Gasteiger charge is 2.09.